The fraction of sp³-hybridized carbons (Fsp3) is 0.222. The van der Waals surface area contributed by atoms with E-state index in [0.29, 0.717) is 29.3 Å². The second-order valence-corrected chi connectivity index (χ2v) is 5.13. The first-order valence-electron chi connectivity index (χ1n) is 7.40. The van der Waals surface area contributed by atoms with Crippen LogP contribution in [0.3, 0.4) is 0 Å². The zero-order valence-electron chi connectivity index (χ0n) is 13.9. The fourth-order valence-corrected chi connectivity index (χ4v) is 2.11. The van der Waals surface area contributed by atoms with E-state index in [-0.39, 0.29) is 11.8 Å². The van der Waals surface area contributed by atoms with E-state index >= 15 is 0 Å². The van der Waals surface area contributed by atoms with Crippen LogP contribution in [-0.4, -0.2) is 26.0 Å². The molecule has 126 valence electrons. The van der Waals surface area contributed by atoms with Gasteiger partial charge in [0.2, 0.25) is 5.91 Å². The van der Waals surface area contributed by atoms with Crippen LogP contribution in [-0.2, 0) is 11.3 Å². The van der Waals surface area contributed by atoms with Crippen molar-refractivity contribution in [1.82, 2.24) is 5.32 Å². The number of benzene rings is 2. The van der Waals surface area contributed by atoms with Crippen LogP contribution in [0.5, 0.6) is 11.5 Å². The molecule has 2 rings (SSSR count). The lowest BCUT2D eigenvalue weighted by Crippen LogP contribution is -2.19. The molecule has 0 bridgehead atoms. The molecular weight excluding hydrogens is 308 g/mol. The molecule has 6 nitrogen and oxygen atoms in total. The summed E-state index contributed by atoms with van der Waals surface area (Å²) in [6.45, 7) is 1.89. The molecule has 0 aromatic heterocycles. The van der Waals surface area contributed by atoms with Crippen LogP contribution in [0.15, 0.2) is 42.5 Å². The predicted octanol–water partition coefficient (Wildman–Crippen LogP) is 2.59. The van der Waals surface area contributed by atoms with E-state index in [9.17, 15) is 9.59 Å². The highest BCUT2D eigenvalue weighted by atomic mass is 16.5. The highest BCUT2D eigenvalue weighted by molar-refractivity contribution is 6.05. The molecule has 2 amide bonds. The van der Waals surface area contributed by atoms with Gasteiger partial charge in [0.25, 0.3) is 5.91 Å². The van der Waals surface area contributed by atoms with Gasteiger partial charge in [-0.25, -0.2) is 0 Å². The summed E-state index contributed by atoms with van der Waals surface area (Å²) in [5.74, 6) is 0.817. The lowest BCUT2D eigenvalue weighted by atomic mass is 10.1. The molecule has 0 unspecified atom stereocenters. The number of anilines is 1. The molecule has 2 aromatic rings. The molecule has 0 aliphatic heterocycles. The molecule has 6 heteroatoms. The van der Waals surface area contributed by atoms with Crippen LogP contribution in [0.1, 0.15) is 22.8 Å². The molecule has 0 saturated carbocycles. The summed E-state index contributed by atoms with van der Waals surface area (Å²) in [7, 11) is 3.09. The van der Waals surface area contributed by atoms with E-state index in [1.807, 2.05) is 0 Å². The Morgan fingerprint density at radius 2 is 1.71 bits per heavy atom. The van der Waals surface area contributed by atoms with Crippen LogP contribution < -0.4 is 20.1 Å². The summed E-state index contributed by atoms with van der Waals surface area (Å²) in [4.78, 5) is 23.3. The second-order valence-electron chi connectivity index (χ2n) is 5.13. The van der Waals surface area contributed by atoms with Crippen molar-refractivity contribution in [2.75, 3.05) is 19.5 Å². The Hall–Kier alpha value is -3.02. The molecule has 0 radical (unpaired) electrons. The summed E-state index contributed by atoms with van der Waals surface area (Å²) in [6.07, 6.45) is 0. The molecule has 0 aliphatic rings. The number of hydrogen-bond donors (Lipinski definition) is 2. The largest absolute Gasteiger partial charge is 0.497 e. The van der Waals surface area contributed by atoms with Gasteiger partial charge in [-0.1, -0.05) is 12.1 Å². The molecule has 0 spiro atoms. The summed E-state index contributed by atoms with van der Waals surface area (Å²) in [6, 6.07) is 12.2. The quantitative estimate of drug-likeness (QED) is 0.854. The van der Waals surface area contributed by atoms with Crippen LogP contribution >= 0.6 is 0 Å². The van der Waals surface area contributed by atoms with Gasteiger partial charge in [0.15, 0.2) is 0 Å². The maximum absolute atomic E-state index is 12.4. The van der Waals surface area contributed by atoms with Crippen molar-refractivity contribution in [2.45, 2.75) is 13.5 Å². The number of nitrogens with one attached hydrogen (secondary N) is 2. The Labute approximate surface area is 140 Å². The summed E-state index contributed by atoms with van der Waals surface area (Å²) in [5.41, 5.74) is 1.95. The summed E-state index contributed by atoms with van der Waals surface area (Å²) < 4.78 is 10.4. The molecule has 0 atom stereocenters. The van der Waals surface area contributed by atoms with Gasteiger partial charge < -0.3 is 20.1 Å². The highest BCUT2D eigenvalue weighted by Crippen LogP contribution is 2.29. The standard InChI is InChI=1S/C18H20N2O4/c1-12(21)19-11-13-4-6-14(7-5-13)18(22)20-16-10-15(23-2)8-9-17(16)24-3/h4-10H,11H2,1-3H3,(H,19,21)(H,20,22). The van der Waals surface area contributed by atoms with E-state index in [0.717, 1.165) is 5.56 Å². The first-order valence-corrected chi connectivity index (χ1v) is 7.40. The molecule has 2 aromatic carbocycles. The van der Waals surface area contributed by atoms with Gasteiger partial charge in [0, 0.05) is 25.1 Å². The number of rotatable bonds is 6. The third-order valence-electron chi connectivity index (χ3n) is 3.41. The van der Waals surface area contributed by atoms with Gasteiger partial charge in [-0.3, -0.25) is 9.59 Å². The molecule has 24 heavy (non-hydrogen) atoms. The number of carbonyl (C=O) groups excluding carboxylic acids is 2. The van der Waals surface area contributed by atoms with Crippen molar-refractivity contribution in [3.8, 4) is 11.5 Å². The smallest absolute Gasteiger partial charge is 0.255 e. The zero-order valence-corrected chi connectivity index (χ0v) is 13.9. The maximum Gasteiger partial charge on any atom is 0.255 e. The van der Waals surface area contributed by atoms with E-state index in [2.05, 4.69) is 10.6 Å². The van der Waals surface area contributed by atoms with Gasteiger partial charge in [-0.2, -0.15) is 0 Å². The Bertz CT molecular complexity index is 726. The second kappa shape index (κ2) is 8.01. The topological polar surface area (TPSA) is 76.7 Å². The summed E-state index contributed by atoms with van der Waals surface area (Å²) in [5, 5.41) is 5.52. The number of amides is 2. The first-order chi connectivity index (χ1) is 11.5. The van der Waals surface area contributed by atoms with Crippen molar-refractivity contribution >= 4 is 17.5 Å². The van der Waals surface area contributed by atoms with E-state index in [1.165, 1.54) is 14.0 Å². The van der Waals surface area contributed by atoms with Crippen LogP contribution in [0, 0.1) is 0 Å². The average Bonchev–Trinajstić information content (AvgIpc) is 2.60. The number of methoxy groups -OCH3 is 2. The monoisotopic (exact) mass is 328 g/mol. The normalized spacial score (nSPS) is 9.96. The predicted molar refractivity (Wildman–Crippen MR) is 91.5 cm³/mol. The Balaban J connectivity index is 2.10. The van der Waals surface area contributed by atoms with Gasteiger partial charge >= 0.3 is 0 Å². The van der Waals surface area contributed by atoms with E-state index < -0.39 is 0 Å². The van der Waals surface area contributed by atoms with E-state index in [1.54, 1.807) is 49.6 Å². The van der Waals surface area contributed by atoms with Gasteiger partial charge in [-0.05, 0) is 29.8 Å². The van der Waals surface area contributed by atoms with Gasteiger partial charge in [-0.15, -0.1) is 0 Å². The minimum absolute atomic E-state index is 0.0954. The third-order valence-corrected chi connectivity index (χ3v) is 3.41. The molecule has 0 heterocycles. The molecule has 0 fully saturated rings. The molecule has 0 aliphatic carbocycles. The molecule has 0 saturated heterocycles. The van der Waals surface area contributed by atoms with Crippen LogP contribution in [0.25, 0.3) is 0 Å². The Kier molecular flexibility index (Phi) is 5.78. The van der Waals surface area contributed by atoms with Crippen molar-refractivity contribution in [3.63, 3.8) is 0 Å². The van der Waals surface area contributed by atoms with Crippen molar-refractivity contribution in [1.29, 1.82) is 0 Å². The third kappa shape index (κ3) is 4.49. The van der Waals surface area contributed by atoms with Crippen LogP contribution in [0.2, 0.25) is 0 Å². The van der Waals surface area contributed by atoms with Gasteiger partial charge in [0.1, 0.15) is 11.5 Å². The molecule has 2 N–H and O–H groups in total. The van der Waals surface area contributed by atoms with Crippen molar-refractivity contribution in [2.24, 2.45) is 0 Å². The minimum atomic E-state index is -0.257. The molecular formula is C18H20N2O4. The van der Waals surface area contributed by atoms with Crippen molar-refractivity contribution in [3.05, 3.63) is 53.6 Å². The first kappa shape index (κ1) is 17.3. The SMILES string of the molecule is COc1ccc(OC)c(NC(=O)c2ccc(CNC(C)=O)cc2)c1. The van der Waals surface area contributed by atoms with Crippen LogP contribution in [0.4, 0.5) is 5.69 Å². The maximum atomic E-state index is 12.4. The van der Waals surface area contributed by atoms with E-state index in [4.69, 9.17) is 9.47 Å². The summed E-state index contributed by atoms with van der Waals surface area (Å²) >= 11 is 0. The minimum Gasteiger partial charge on any atom is -0.497 e. The average molecular weight is 328 g/mol. The van der Waals surface area contributed by atoms with Crippen molar-refractivity contribution < 1.29 is 19.1 Å². The lowest BCUT2D eigenvalue weighted by molar-refractivity contribution is -0.119. The number of carbonyl (C=O) groups is 2. The fourth-order valence-electron chi connectivity index (χ4n) is 2.11. The lowest BCUT2D eigenvalue weighted by Gasteiger charge is -2.12. The van der Waals surface area contributed by atoms with Gasteiger partial charge in [0.05, 0.1) is 19.9 Å². The zero-order chi connectivity index (χ0) is 17.5. The highest BCUT2D eigenvalue weighted by Gasteiger charge is 2.11. The number of ether oxygens (including phenoxy) is 2. The Morgan fingerprint density at radius 1 is 1.00 bits per heavy atom. The number of hydrogen-bond acceptors (Lipinski definition) is 4. The Morgan fingerprint density at radius 3 is 2.29 bits per heavy atom.